The van der Waals surface area contributed by atoms with Gasteiger partial charge in [-0.05, 0) is 70.4 Å². The highest BCUT2D eigenvalue weighted by molar-refractivity contribution is 7.92. The average molecular weight is 504 g/mol. The highest BCUT2D eigenvalue weighted by Crippen LogP contribution is 2.74. The molecule has 6 rings (SSSR count). The summed E-state index contributed by atoms with van der Waals surface area (Å²) in [6.45, 7) is 4.71. The van der Waals surface area contributed by atoms with Gasteiger partial charge in [-0.3, -0.25) is 14.9 Å². The summed E-state index contributed by atoms with van der Waals surface area (Å²) in [4.78, 5) is 34.3. The van der Waals surface area contributed by atoms with Crippen molar-refractivity contribution in [1.82, 2.24) is 15.3 Å². The number of hydrogen-bond acceptors (Lipinski definition) is 7. The molecule has 3 fully saturated rings. The minimum Gasteiger partial charge on any atom is -0.292 e. The van der Waals surface area contributed by atoms with Crippen LogP contribution in [0.3, 0.4) is 0 Å². The third-order valence-electron chi connectivity index (χ3n) is 6.62. The van der Waals surface area contributed by atoms with Crippen molar-refractivity contribution in [1.29, 1.82) is 0 Å². The molecule has 1 aromatic carbocycles. The van der Waals surface area contributed by atoms with E-state index in [0.717, 1.165) is 15.2 Å². The molecule has 3 saturated carbocycles. The first kappa shape index (κ1) is 22.4. The van der Waals surface area contributed by atoms with Crippen LogP contribution in [-0.2, 0) is 20.0 Å². The van der Waals surface area contributed by atoms with Crippen molar-refractivity contribution in [3.05, 3.63) is 52.1 Å². The quantitative estimate of drug-likeness (QED) is 0.532. The normalized spacial score (nSPS) is 24.1. The fourth-order valence-electron chi connectivity index (χ4n) is 4.70. The lowest BCUT2D eigenvalue weighted by molar-refractivity contribution is -0.174. The van der Waals surface area contributed by atoms with Crippen LogP contribution in [-0.4, -0.2) is 34.9 Å². The number of pyridine rings is 1. The van der Waals surface area contributed by atoms with Crippen molar-refractivity contribution in [2.75, 3.05) is 0 Å². The molecule has 2 heterocycles. The van der Waals surface area contributed by atoms with Gasteiger partial charge in [-0.2, -0.15) is 0 Å². The number of sulfone groups is 1. The van der Waals surface area contributed by atoms with E-state index in [9.17, 15) is 18.0 Å². The van der Waals surface area contributed by atoms with Crippen molar-refractivity contribution >= 4 is 54.8 Å². The van der Waals surface area contributed by atoms with Gasteiger partial charge >= 0.3 is 0 Å². The molecule has 2 amide bonds. The Balaban J connectivity index is 1.28. The number of benzene rings is 1. The molecule has 10 heteroatoms. The van der Waals surface area contributed by atoms with E-state index in [0.29, 0.717) is 24.3 Å². The molecule has 3 aliphatic rings. The fraction of sp³-hybridized carbons (Fsp3) is 0.391. The Kier molecular flexibility index (Phi) is 4.81. The lowest BCUT2D eigenvalue weighted by Gasteiger charge is -2.68. The predicted octanol–water partition coefficient (Wildman–Crippen LogP) is 4.30. The summed E-state index contributed by atoms with van der Waals surface area (Å²) in [5.41, 5.74) is 0.268. The maximum absolute atomic E-state index is 12.9. The first-order valence-electron chi connectivity index (χ1n) is 10.5. The van der Waals surface area contributed by atoms with Crippen molar-refractivity contribution in [2.45, 2.75) is 55.2 Å². The highest BCUT2D eigenvalue weighted by atomic mass is 35.5. The standard InChI is InChI=1S/C23H22ClN3O4S2/c1-21(2,3)33(30,31)17-8-13(6-7-25-17)18(28)27-19(29)22-10-23(11-22,12-22)20-26-15-9-14(24)4-5-16(15)32-20/h4-9H,10-12H2,1-3H3,(H,27,28,29). The Morgan fingerprint density at radius 2 is 1.82 bits per heavy atom. The second kappa shape index (κ2) is 7.07. The Morgan fingerprint density at radius 3 is 2.48 bits per heavy atom. The van der Waals surface area contributed by atoms with E-state index in [4.69, 9.17) is 16.6 Å². The third kappa shape index (κ3) is 3.40. The lowest BCUT2D eigenvalue weighted by atomic mass is 9.35. The number of fused-ring (bicyclic) bond motifs is 1. The third-order valence-corrected chi connectivity index (χ3v) is 10.5. The Morgan fingerprint density at radius 1 is 1.12 bits per heavy atom. The van der Waals surface area contributed by atoms with Crippen LogP contribution in [0.1, 0.15) is 55.4 Å². The maximum Gasteiger partial charge on any atom is 0.258 e. The van der Waals surface area contributed by atoms with Gasteiger partial charge in [0.2, 0.25) is 5.91 Å². The summed E-state index contributed by atoms with van der Waals surface area (Å²) < 4.78 is 25.3. The molecule has 33 heavy (non-hydrogen) atoms. The van der Waals surface area contributed by atoms with E-state index in [1.54, 1.807) is 32.1 Å². The molecule has 0 atom stereocenters. The van der Waals surface area contributed by atoms with E-state index in [1.807, 2.05) is 18.2 Å². The van der Waals surface area contributed by atoms with Gasteiger partial charge in [-0.15, -0.1) is 11.3 Å². The van der Waals surface area contributed by atoms with E-state index in [1.165, 1.54) is 18.3 Å². The molecule has 3 aliphatic carbocycles. The van der Waals surface area contributed by atoms with E-state index in [-0.39, 0.29) is 21.9 Å². The van der Waals surface area contributed by atoms with Crippen LogP contribution in [0.4, 0.5) is 0 Å². The van der Waals surface area contributed by atoms with Crippen LogP contribution in [0.15, 0.2) is 41.6 Å². The molecule has 172 valence electrons. The minimum atomic E-state index is -3.72. The predicted molar refractivity (Wildman–Crippen MR) is 126 cm³/mol. The van der Waals surface area contributed by atoms with E-state index < -0.39 is 25.9 Å². The lowest BCUT2D eigenvalue weighted by Crippen LogP contribution is -2.70. The molecular weight excluding hydrogens is 482 g/mol. The summed E-state index contributed by atoms with van der Waals surface area (Å²) in [6, 6.07) is 8.26. The molecule has 0 saturated heterocycles. The summed E-state index contributed by atoms with van der Waals surface area (Å²) >= 11 is 7.68. The van der Waals surface area contributed by atoms with Crippen molar-refractivity contribution < 1.29 is 18.0 Å². The van der Waals surface area contributed by atoms with Gasteiger partial charge in [-0.25, -0.2) is 18.4 Å². The van der Waals surface area contributed by atoms with Crippen molar-refractivity contribution in [3.8, 4) is 0 Å². The van der Waals surface area contributed by atoms with Crippen molar-refractivity contribution in [3.63, 3.8) is 0 Å². The van der Waals surface area contributed by atoms with E-state index >= 15 is 0 Å². The Hall–Kier alpha value is -2.36. The van der Waals surface area contributed by atoms with Gasteiger partial charge in [0.05, 0.1) is 20.4 Å². The van der Waals surface area contributed by atoms with Gasteiger partial charge in [-0.1, -0.05) is 11.6 Å². The molecule has 7 nitrogen and oxygen atoms in total. The summed E-state index contributed by atoms with van der Waals surface area (Å²) in [5.74, 6) is -0.947. The molecular formula is C23H22ClN3O4S2. The van der Waals surface area contributed by atoms with Crippen LogP contribution in [0.5, 0.6) is 0 Å². The number of aromatic nitrogens is 2. The number of carbonyl (C=O) groups excluding carboxylic acids is 2. The average Bonchev–Trinajstić information content (AvgIpc) is 3.07. The number of carbonyl (C=O) groups is 2. The zero-order valence-electron chi connectivity index (χ0n) is 18.3. The molecule has 2 aromatic heterocycles. The highest BCUT2D eigenvalue weighted by Gasteiger charge is 2.73. The number of amides is 2. The first-order valence-corrected chi connectivity index (χ1v) is 13.2. The van der Waals surface area contributed by atoms with Crippen LogP contribution in [0, 0.1) is 5.41 Å². The largest absolute Gasteiger partial charge is 0.292 e. The van der Waals surface area contributed by atoms with Gasteiger partial charge < -0.3 is 0 Å². The summed E-state index contributed by atoms with van der Waals surface area (Å²) in [5, 5.41) is 3.92. The van der Waals surface area contributed by atoms with Crippen LogP contribution in [0.2, 0.25) is 5.02 Å². The summed E-state index contributed by atoms with van der Waals surface area (Å²) in [7, 11) is -3.72. The number of thiazole rings is 1. The van der Waals surface area contributed by atoms with E-state index in [2.05, 4.69) is 10.3 Å². The molecule has 0 spiro atoms. The zero-order chi connectivity index (χ0) is 23.8. The first-order chi connectivity index (χ1) is 15.4. The smallest absolute Gasteiger partial charge is 0.258 e. The molecule has 0 aliphatic heterocycles. The fourth-order valence-corrected chi connectivity index (χ4v) is 7.11. The molecule has 3 aromatic rings. The number of imide groups is 1. The van der Waals surface area contributed by atoms with Crippen molar-refractivity contribution in [2.24, 2.45) is 5.41 Å². The zero-order valence-corrected chi connectivity index (χ0v) is 20.7. The molecule has 1 N–H and O–H groups in total. The Bertz CT molecular complexity index is 1420. The van der Waals surface area contributed by atoms with Gasteiger partial charge in [0.15, 0.2) is 14.9 Å². The molecule has 0 unspecified atom stereocenters. The van der Waals surface area contributed by atoms with Gasteiger partial charge in [0.1, 0.15) is 5.01 Å². The second-order valence-electron chi connectivity index (χ2n) is 10.0. The number of hydrogen-bond donors (Lipinski definition) is 1. The number of nitrogens with zero attached hydrogens (tertiary/aromatic N) is 2. The minimum absolute atomic E-state index is 0.0885. The van der Waals surface area contributed by atoms with Crippen LogP contribution >= 0.6 is 22.9 Å². The molecule has 0 radical (unpaired) electrons. The maximum atomic E-state index is 12.9. The number of halogens is 1. The van der Waals surface area contributed by atoms with Gasteiger partial charge in [0.25, 0.3) is 5.91 Å². The number of nitrogens with one attached hydrogen (secondary N) is 1. The Labute approximate surface area is 200 Å². The monoisotopic (exact) mass is 503 g/mol. The van der Waals surface area contributed by atoms with Gasteiger partial charge in [0, 0.05) is 22.2 Å². The summed E-state index contributed by atoms with van der Waals surface area (Å²) in [6.07, 6.45) is 3.21. The molecule has 2 bridgehead atoms. The van der Waals surface area contributed by atoms with Crippen LogP contribution in [0.25, 0.3) is 10.2 Å². The van der Waals surface area contributed by atoms with Crippen LogP contribution < -0.4 is 5.32 Å². The SMILES string of the molecule is CC(C)(C)S(=O)(=O)c1cc(C(=O)NC(=O)C23CC(c4nc5cc(Cl)ccc5s4)(C2)C3)ccn1. The topological polar surface area (TPSA) is 106 Å². The second-order valence-corrected chi connectivity index (χ2v) is 14.1. The number of rotatable bonds is 4.